The van der Waals surface area contributed by atoms with Gasteiger partial charge in [-0.25, -0.2) is 0 Å². The maximum Gasteiger partial charge on any atom is 0.471 e. The largest absolute Gasteiger partial charge is 0.471 e. The molecule has 2 amide bonds. The molecule has 2 aromatic rings. The van der Waals surface area contributed by atoms with Gasteiger partial charge in [-0.1, -0.05) is 18.2 Å². The second-order valence-corrected chi connectivity index (χ2v) is 4.53. The number of pyridine rings is 1. The summed E-state index contributed by atoms with van der Waals surface area (Å²) >= 11 is 0. The second-order valence-electron chi connectivity index (χ2n) is 4.53. The highest BCUT2D eigenvalue weighted by atomic mass is 19.4. The van der Waals surface area contributed by atoms with Crippen molar-refractivity contribution in [1.29, 1.82) is 0 Å². The molecular formula is C15H12F3N3O2. The predicted octanol–water partition coefficient (Wildman–Crippen LogP) is 2.51. The molecule has 0 atom stereocenters. The van der Waals surface area contributed by atoms with Crippen molar-refractivity contribution in [1.82, 2.24) is 10.3 Å². The fourth-order valence-corrected chi connectivity index (χ4v) is 1.77. The first-order valence-corrected chi connectivity index (χ1v) is 6.52. The zero-order chi connectivity index (χ0) is 16.9. The Morgan fingerprint density at radius 3 is 2.35 bits per heavy atom. The molecule has 0 spiro atoms. The molecule has 1 aromatic heterocycles. The van der Waals surface area contributed by atoms with E-state index in [0.29, 0.717) is 16.8 Å². The Bertz CT molecular complexity index is 703. The molecular weight excluding hydrogens is 311 g/mol. The average Bonchev–Trinajstić information content (AvgIpc) is 2.53. The molecule has 5 nitrogen and oxygen atoms in total. The number of anilines is 1. The molecule has 0 bridgehead atoms. The summed E-state index contributed by atoms with van der Waals surface area (Å²) in [6, 6.07) is 9.27. The van der Waals surface area contributed by atoms with Crippen molar-refractivity contribution < 1.29 is 22.8 Å². The highest BCUT2D eigenvalue weighted by Gasteiger charge is 2.38. The Morgan fingerprint density at radius 1 is 1.04 bits per heavy atom. The van der Waals surface area contributed by atoms with E-state index in [2.05, 4.69) is 10.3 Å². The van der Waals surface area contributed by atoms with Gasteiger partial charge in [-0.05, 0) is 23.8 Å². The first-order chi connectivity index (χ1) is 10.9. The van der Waals surface area contributed by atoms with Crippen LogP contribution in [0, 0.1) is 0 Å². The minimum atomic E-state index is -4.95. The van der Waals surface area contributed by atoms with Crippen molar-refractivity contribution in [2.75, 3.05) is 5.32 Å². The molecule has 0 saturated heterocycles. The Morgan fingerprint density at radius 2 is 1.70 bits per heavy atom. The van der Waals surface area contributed by atoms with E-state index in [4.69, 9.17) is 0 Å². The van der Waals surface area contributed by atoms with Gasteiger partial charge in [0.25, 0.3) is 5.91 Å². The van der Waals surface area contributed by atoms with Gasteiger partial charge in [-0.2, -0.15) is 13.2 Å². The lowest BCUT2D eigenvalue weighted by atomic mass is 10.1. The third kappa shape index (κ3) is 4.53. The van der Waals surface area contributed by atoms with Crippen LogP contribution in [-0.4, -0.2) is 23.0 Å². The first kappa shape index (κ1) is 16.5. The van der Waals surface area contributed by atoms with Crippen molar-refractivity contribution in [3.8, 4) is 0 Å². The zero-order valence-corrected chi connectivity index (χ0v) is 11.7. The van der Waals surface area contributed by atoms with E-state index >= 15 is 0 Å². The van der Waals surface area contributed by atoms with Gasteiger partial charge in [0.05, 0.1) is 0 Å². The SMILES string of the molecule is O=C(Nc1ccccc1CNC(=O)C(F)(F)F)c1ccncc1. The molecule has 0 aliphatic heterocycles. The number of halogens is 3. The van der Waals surface area contributed by atoms with E-state index in [1.54, 1.807) is 17.4 Å². The summed E-state index contributed by atoms with van der Waals surface area (Å²) in [7, 11) is 0. The van der Waals surface area contributed by atoms with Crippen LogP contribution in [0.3, 0.4) is 0 Å². The molecule has 0 saturated carbocycles. The maximum atomic E-state index is 12.2. The van der Waals surface area contributed by atoms with Crippen LogP contribution in [0.2, 0.25) is 0 Å². The van der Waals surface area contributed by atoms with Crippen molar-refractivity contribution >= 4 is 17.5 Å². The molecule has 1 aromatic carbocycles. The smallest absolute Gasteiger partial charge is 0.344 e. The van der Waals surface area contributed by atoms with Crippen LogP contribution in [0.5, 0.6) is 0 Å². The van der Waals surface area contributed by atoms with Crippen LogP contribution >= 0.6 is 0 Å². The predicted molar refractivity (Wildman–Crippen MR) is 76.5 cm³/mol. The topological polar surface area (TPSA) is 71.1 Å². The van der Waals surface area contributed by atoms with Gasteiger partial charge in [0, 0.05) is 30.2 Å². The average molecular weight is 323 g/mol. The third-order valence-corrected chi connectivity index (χ3v) is 2.90. The summed E-state index contributed by atoms with van der Waals surface area (Å²) in [6.07, 6.45) is -2.05. The van der Waals surface area contributed by atoms with Gasteiger partial charge in [-0.3, -0.25) is 14.6 Å². The Kier molecular flexibility index (Phi) is 4.95. The molecule has 0 unspecified atom stereocenters. The van der Waals surface area contributed by atoms with Gasteiger partial charge < -0.3 is 10.6 Å². The molecule has 120 valence electrons. The summed E-state index contributed by atoms with van der Waals surface area (Å²) in [4.78, 5) is 26.7. The summed E-state index contributed by atoms with van der Waals surface area (Å²) in [5.74, 6) is -2.46. The lowest BCUT2D eigenvalue weighted by molar-refractivity contribution is -0.173. The van der Waals surface area contributed by atoms with Gasteiger partial charge in [0.15, 0.2) is 0 Å². The molecule has 0 fully saturated rings. The van der Waals surface area contributed by atoms with Gasteiger partial charge in [-0.15, -0.1) is 0 Å². The molecule has 2 rings (SSSR count). The molecule has 2 N–H and O–H groups in total. The van der Waals surface area contributed by atoms with E-state index in [1.807, 2.05) is 0 Å². The number of hydrogen-bond donors (Lipinski definition) is 2. The summed E-state index contributed by atoms with van der Waals surface area (Å²) in [6.45, 7) is -0.356. The number of alkyl halides is 3. The Hall–Kier alpha value is -2.90. The Labute approximate surface area is 129 Å². The summed E-state index contributed by atoms with van der Waals surface area (Å²) in [5.41, 5.74) is 1.03. The molecule has 23 heavy (non-hydrogen) atoms. The fourth-order valence-electron chi connectivity index (χ4n) is 1.77. The fraction of sp³-hybridized carbons (Fsp3) is 0.133. The third-order valence-electron chi connectivity index (χ3n) is 2.90. The number of rotatable bonds is 4. The Balaban J connectivity index is 2.09. The number of carbonyl (C=O) groups is 2. The van der Waals surface area contributed by atoms with Crippen molar-refractivity contribution in [3.05, 3.63) is 59.9 Å². The molecule has 0 aliphatic rings. The molecule has 1 heterocycles. The van der Waals surface area contributed by atoms with Crippen LogP contribution in [0.15, 0.2) is 48.8 Å². The zero-order valence-electron chi connectivity index (χ0n) is 11.7. The number of amides is 2. The van der Waals surface area contributed by atoms with E-state index in [9.17, 15) is 22.8 Å². The summed E-state index contributed by atoms with van der Waals surface area (Å²) < 4.78 is 36.6. The lowest BCUT2D eigenvalue weighted by Crippen LogP contribution is -2.36. The van der Waals surface area contributed by atoms with Crippen LogP contribution in [0.4, 0.5) is 18.9 Å². The van der Waals surface area contributed by atoms with Crippen LogP contribution in [0.1, 0.15) is 15.9 Å². The number of benzene rings is 1. The number of aromatic nitrogens is 1. The quantitative estimate of drug-likeness (QED) is 0.908. The van der Waals surface area contributed by atoms with Gasteiger partial charge in [0.2, 0.25) is 0 Å². The number of nitrogens with one attached hydrogen (secondary N) is 2. The van der Waals surface area contributed by atoms with Gasteiger partial charge >= 0.3 is 12.1 Å². The van der Waals surface area contributed by atoms with E-state index in [1.165, 1.54) is 36.7 Å². The maximum absolute atomic E-state index is 12.2. The monoisotopic (exact) mass is 323 g/mol. The number of para-hydroxylation sites is 1. The first-order valence-electron chi connectivity index (χ1n) is 6.52. The molecule has 0 radical (unpaired) electrons. The van der Waals surface area contributed by atoms with Gasteiger partial charge in [0.1, 0.15) is 0 Å². The van der Waals surface area contributed by atoms with Crippen LogP contribution in [0.25, 0.3) is 0 Å². The minimum Gasteiger partial charge on any atom is -0.344 e. The number of hydrogen-bond acceptors (Lipinski definition) is 3. The normalized spacial score (nSPS) is 10.9. The molecule has 8 heteroatoms. The van der Waals surface area contributed by atoms with Crippen molar-refractivity contribution in [2.45, 2.75) is 12.7 Å². The van der Waals surface area contributed by atoms with E-state index in [0.717, 1.165) is 0 Å². The lowest BCUT2D eigenvalue weighted by Gasteiger charge is -2.12. The minimum absolute atomic E-state index is 0.316. The molecule has 0 aliphatic carbocycles. The van der Waals surface area contributed by atoms with Crippen LogP contribution in [-0.2, 0) is 11.3 Å². The van der Waals surface area contributed by atoms with E-state index in [-0.39, 0.29) is 6.54 Å². The van der Waals surface area contributed by atoms with E-state index < -0.39 is 18.0 Å². The van der Waals surface area contributed by atoms with Crippen molar-refractivity contribution in [3.63, 3.8) is 0 Å². The highest BCUT2D eigenvalue weighted by molar-refractivity contribution is 6.04. The number of carbonyl (C=O) groups excluding carboxylic acids is 2. The van der Waals surface area contributed by atoms with Crippen molar-refractivity contribution in [2.24, 2.45) is 0 Å². The van der Waals surface area contributed by atoms with Crippen LogP contribution < -0.4 is 10.6 Å². The second kappa shape index (κ2) is 6.91. The highest BCUT2D eigenvalue weighted by Crippen LogP contribution is 2.18. The number of nitrogens with zero attached hydrogens (tertiary/aromatic N) is 1. The summed E-state index contributed by atoms with van der Waals surface area (Å²) in [5, 5.41) is 4.36. The standard InChI is InChI=1S/C15H12F3N3O2/c16-15(17,18)14(23)20-9-11-3-1-2-4-12(11)21-13(22)10-5-7-19-8-6-10/h1-8H,9H2,(H,20,23)(H,21,22).